The molecule has 0 saturated carbocycles. The molecule has 0 bridgehead atoms. The molecule has 0 aromatic carbocycles. The van der Waals surface area contributed by atoms with E-state index in [0.29, 0.717) is 18.3 Å². The maximum atomic E-state index is 11.1. The van der Waals surface area contributed by atoms with E-state index in [-0.39, 0.29) is 11.4 Å². The van der Waals surface area contributed by atoms with Crippen molar-refractivity contribution < 1.29 is 14.3 Å². The molecule has 3 nitrogen and oxygen atoms in total. The van der Waals surface area contributed by atoms with Crippen molar-refractivity contribution in [1.29, 1.82) is 0 Å². The Kier molecular flexibility index (Phi) is 3.91. The van der Waals surface area contributed by atoms with Gasteiger partial charge in [-0.3, -0.25) is 0 Å². The molecule has 86 valence electrons. The van der Waals surface area contributed by atoms with Crippen LogP contribution in [0.2, 0.25) is 0 Å². The third kappa shape index (κ3) is 2.81. The normalized spacial score (nSPS) is 29.4. The molecule has 0 aliphatic carbocycles. The number of hydrogen-bond acceptors (Lipinski definition) is 3. The first kappa shape index (κ1) is 12.2. The van der Waals surface area contributed by atoms with E-state index >= 15 is 0 Å². The van der Waals surface area contributed by atoms with Crippen molar-refractivity contribution in [2.75, 3.05) is 13.2 Å². The van der Waals surface area contributed by atoms with Crippen molar-refractivity contribution in [3.05, 3.63) is 12.2 Å². The summed E-state index contributed by atoms with van der Waals surface area (Å²) in [6, 6.07) is 0. The second-order valence-corrected chi connectivity index (χ2v) is 4.53. The molecule has 0 N–H and O–H groups in total. The Bertz CT molecular complexity index is 258. The van der Waals surface area contributed by atoms with E-state index in [0.717, 1.165) is 19.4 Å². The number of hydrogen-bond donors (Lipinski definition) is 0. The maximum absolute atomic E-state index is 11.1. The van der Waals surface area contributed by atoms with Crippen molar-refractivity contribution in [3.63, 3.8) is 0 Å². The van der Waals surface area contributed by atoms with Crippen LogP contribution in [0, 0.1) is 5.41 Å². The van der Waals surface area contributed by atoms with E-state index in [1.54, 1.807) is 6.92 Å². The zero-order chi connectivity index (χ0) is 11.5. The summed E-state index contributed by atoms with van der Waals surface area (Å²) in [4.78, 5) is 11.1. The van der Waals surface area contributed by atoms with Crippen molar-refractivity contribution in [1.82, 2.24) is 0 Å². The minimum Gasteiger partial charge on any atom is -0.462 e. The van der Waals surface area contributed by atoms with Crippen LogP contribution in [0.4, 0.5) is 0 Å². The van der Waals surface area contributed by atoms with E-state index in [2.05, 4.69) is 20.4 Å². The first-order valence-electron chi connectivity index (χ1n) is 5.44. The van der Waals surface area contributed by atoms with Gasteiger partial charge in [0.05, 0.1) is 19.3 Å². The van der Waals surface area contributed by atoms with Gasteiger partial charge in [-0.15, -0.1) is 0 Å². The molecule has 2 unspecified atom stereocenters. The largest absolute Gasteiger partial charge is 0.462 e. The first-order chi connectivity index (χ1) is 6.99. The van der Waals surface area contributed by atoms with E-state index < -0.39 is 0 Å². The molecule has 1 fully saturated rings. The third-order valence-electron chi connectivity index (χ3n) is 3.02. The van der Waals surface area contributed by atoms with Gasteiger partial charge in [0.2, 0.25) is 0 Å². The summed E-state index contributed by atoms with van der Waals surface area (Å²) < 4.78 is 10.5. The second kappa shape index (κ2) is 4.79. The number of ether oxygens (including phenoxy) is 2. The average Bonchev–Trinajstić information content (AvgIpc) is 2.16. The molecule has 0 spiro atoms. The summed E-state index contributed by atoms with van der Waals surface area (Å²) in [7, 11) is 0. The molecular weight excluding hydrogens is 192 g/mol. The minimum absolute atomic E-state index is 0.185. The fourth-order valence-corrected chi connectivity index (χ4v) is 1.83. The third-order valence-corrected chi connectivity index (χ3v) is 3.02. The lowest BCUT2D eigenvalue weighted by molar-refractivity contribution is -0.187. The van der Waals surface area contributed by atoms with E-state index in [4.69, 9.17) is 9.47 Å². The topological polar surface area (TPSA) is 35.5 Å². The van der Waals surface area contributed by atoms with Gasteiger partial charge in [-0.05, 0) is 19.8 Å². The maximum Gasteiger partial charge on any atom is 0.333 e. The highest BCUT2D eigenvalue weighted by Gasteiger charge is 2.42. The zero-order valence-corrected chi connectivity index (χ0v) is 9.84. The van der Waals surface area contributed by atoms with E-state index in [9.17, 15) is 4.79 Å². The molecule has 3 heteroatoms. The van der Waals surface area contributed by atoms with Crippen molar-refractivity contribution >= 4 is 5.97 Å². The van der Waals surface area contributed by atoms with Gasteiger partial charge >= 0.3 is 5.97 Å². The number of carbonyl (C=O) groups is 1. The monoisotopic (exact) mass is 212 g/mol. The van der Waals surface area contributed by atoms with Crippen LogP contribution in [0.15, 0.2) is 12.2 Å². The SMILES string of the molecule is C=C(C)C(=O)OCCC1(C)COC1CC. The van der Waals surface area contributed by atoms with Crippen molar-refractivity contribution in [2.24, 2.45) is 5.41 Å². The smallest absolute Gasteiger partial charge is 0.333 e. The molecule has 1 aliphatic heterocycles. The molecule has 1 rings (SSSR count). The molecule has 1 heterocycles. The minimum atomic E-state index is -0.299. The van der Waals surface area contributed by atoms with Gasteiger partial charge in [0, 0.05) is 11.0 Å². The molecule has 15 heavy (non-hydrogen) atoms. The predicted molar refractivity (Wildman–Crippen MR) is 58.5 cm³/mol. The molecule has 1 saturated heterocycles. The quantitative estimate of drug-likeness (QED) is 0.518. The summed E-state index contributed by atoms with van der Waals surface area (Å²) in [5.74, 6) is -0.299. The van der Waals surface area contributed by atoms with Crippen LogP contribution < -0.4 is 0 Å². The molecule has 1 aliphatic rings. The van der Waals surface area contributed by atoms with Crippen LogP contribution in [0.25, 0.3) is 0 Å². The lowest BCUT2D eigenvalue weighted by Gasteiger charge is -2.46. The van der Waals surface area contributed by atoms with Crippen LogP contribution in [0.1, 0.15) is 33.6 Å². The summed E-state index contributed by atoms with van der Waals surface area (Å²) in [6.45, 7) is 10.7. The number of rotatable bonds is 5. The van der Waals surface area contributed by atoms with Crippen LogP contribution >= 0.6 is 0 Å². The highest BCUT2D eigenvalue weighted by Crippen LogP contribution is 2.39. The van der Waals surface area contributed by atoms with Gasteiger partial charge in [0.25, 0.3) is 0 Å². The Labute approximate surface area is 91.4 Å². The van der Waals surface area contributed by atoms with Crippen LogP contribution in [-0.2, 0) is 14.3 Å². The Morgan fingerprint density at radius 2 is 2.33 bits per heavy atom. The summed E-state index contributed by atoms with van der Waals surface area (Å²) in [5.41, 5.74) is 0.640. The highest BCUT2D eigenvalue weighted by atomic mass is 16.5. The Balaban J connectivity index is 2.26. The lowest BCUT2D eigenvalue weighted by Crippen LogP contribution is -2.50. The summed E-state index contributed by atoms with van der Waals surface area (Å²) in [5, 5.41) is 0. The number of esters is 1. The van der Waals surface area contributed by atoms with Crippen LogP contribution in [0.3, 0.4) is 0 Å². The second-order valence-electron chi connectivity index (χ2n) is 4.53. The molecule has 0 aromatic heterocycles. The van der Waals surface area contributed by atoms with Gasteiger partial charge in [-0.25, -0.2) is 4.79 Å². The zero-order valence-electron chi connectivity index (χ0n) is 9.84. The molecule has 2 atom stereocenters. The first-order valence-corrected chi connectivity index (χ1v) is 5.44. The molecule has 0 amide bonds. The van der Waals surface area contributed by atoms with Crippen LogP contribution in [-0.4, -0.2) is 25.3 Å². The average molecular weight is 212 g/mol. The van der Waals surface area contributed by atoms with E-state index in [1.807, 2.05) is 0 Å². The van der Waals surface area contributed by atoms with E-state index in [1.165, 1.54) is 0 Å². The lowest BCUT2D eigenvalue weighted by atomic mass is 9.76. The number of carbonyl (C=O) groups excluding carboxylic acids is 1. The summed E-state index contributed by atoms with van der Waals surface area (Å²) >= 11 is 0. The van der Waals surface area contributed by atoms with Gasteiger partial charge in [0.15, 0.2) is 0 Å². The standard InChI is InChI=1S/C12H20O3/c1-5-10-12(4,8-15-10)6-7-14-11(13)9(2)3/h10H,2,5-8H2,1,3-4H3. The Morgan fingerprint density at radius 1 is 1.67 bits per heavy atom. The predicted octanol–water partition coefficient (Wildman–Crippen LogP) is 2.31. The van der Waals surface area contributed by atoms with Gasteiger partial charge < -0.3 is 9.47 Å². The Morgan fingerprint density at radius 3 is 2.73 bits per heavy atom. The molecule has 0 radical (unpaired) electrons. The molecular formula is C12H20O3. The van der Waals surface area contributed by atoms with Crippen molar-refractivity contribution in [2.45, 2.75) is 39.7 Å². The Hall–Kier alpha value is -0.830. The van der Waals surface area contributed by atoms with Crippen molar-refractivity contribution in [3.8, 4) is 0 Å². The summed E-state index contributed by atoms with van der Waals surface area (Å²) in [6.07, 6.45) is 2.20. The van der Waals surface area contributed by atoms with Gasteiger partial charge in [-0.2, -0.15) is 0 Å². The fourth-order valence-electron chi connectivity index (χ4n) is 1.83. The fraction of sp³-hybridized carbons (Fsp3) is 0.750. The highest BCUT2D eigenvalue weighted by molar-refractivity contribution is 5.86. The molecule has 0 aromatic rings. The van der Waals surface area contributed by atoms with Crippen LogP contribution in [0.5, 0.6) is 0 Å². The van der Waals surface area contributed by atoms with Gasteiger partial charge in [0.1, 0.15) is 0 Å². The van der Waals surface area contributed by atoms with Gasteiger partial charge in [-0.1, -0.05) is 20.4 Å².